The predicted molar refractivity (Wildman–Crippen MR) is 99.0 cm³/mol. The maximum atomic E-state index is 12.6. The number of hydrogen-bond donors (Lipinski definition) is 0. The van der Waals surface area contributed by atoms with Crippen LogP contribution >= 0.6 is 0 Å². The van der Waals surface area contributed by atoms with Crippen molar-refractivity contribution in [3.05, 3.63) is 54.4 Å². The smallest absolute Gasteiger partial charge is 0.232 e. The molecule has 0 saturated carbocycles. The highest BCUT2D eigenvalue weighted by Crippen LogP contribution is 2.38. The van der Waals surface area contributed by atoms with Gasteiger partial charge in [-0.15, -0.1) is 0 Å². The lowest BCUT2D eigenvalue weighted by molar-refractivity contribution is -0.117. The van der Waals surface area contributed by atoms with E-state index < -0.39 is 0 Å². The first kappa shape index (κ1) is 17.1. The molecule has 1 amide bonds. The van der Waals surface area contributed by atoms with Crippen molar-refractivity contribution >= 4 is 11.6 Å². The molecule has 0 N–H and O–H groups in total. The van der Waals surface area contributed by atoms with Crippen LogP contribution in [-0.2, 0) is 4.79 Å². The Kier molecular flexibility index (Phi) is 4.50. The zero-order valence-corrected chi connectivity index (χ0v) is 15.1. The summed E-state index contributed by atoms with van der Waals surface area (Å²) in [6.45, 7) is 0.443. The molecule has 7 heteroatoms. The molecule has 1 fully saturated rings. The van der Waals surface area contributed by atoms with Crippen molar-refractivity contribution in [1.82, 2.24) is 10.1 Å². The Morgan fingerprint density at radius 2 is 1.93 bits per heavy atom. The van der Waals surface area contributed by atoms with E-state index in [9.17, 15) is 4.79 Å². The third-order valence-electron chi connectivity index (χ3n) is 4.62. The van der Waals surface area contributed by atoms with Crippen molar-refractivity contribution in [2.24, 2.45) is 0 Å². The Bertz CT molecular complexity index is 955. The molecule has 27 heavy (non-hydrogen) atoms. The summed E-state index contributed by atoms with van der Waals surface area (Å²) in [4.78, 5) is 18.8. The molecule has 0 bridgehead atoms. The lowest BCUT2D eigenvalue weighted by atomic mass is 10.1. The maximum Gasteiger partial charge on any atom is 0.232 e. The van der Waals surface area contributed by atoms with Gasteiger partial charge in [0.2, 0.25) is 17.6 Å². The van der Waals surface area contributed by atoms with Crippen LogP contribution in [-0.4, -0.2) is 36.8 Å². The zero-order chi connectivity index (χ0) is 18.8. The first-order chi connectivity index (χ1) is 13.2. The van der Waals surface area contributed by atoms with Crippen molar-refractivity contribution in [2.45, 2.75) is 12.3 Å². The summed E-state index contributed by atoms with van der Waals surface area (Å²) in [7, 11) is 3.16. The molecule has 1 unspecified atom stereocenters. The van der Waals surface area contributed by atoms with E-state index in [0.717, 1.165) is 5.56 Å². The second-order valence-electron chi connectivity index (χ2n) is 6.27. The van der Waals surface area contributed by atoms with Gasteiger partial charge >= 0.3 is 0 Å². The van der Waals surface area contributed by atoms with E-state index in [1.165, 1.54) is 0 Å². The molecule has 1 aliphatic rings. The molecule has 1 aliphatic heterocycles. The predicted octanol–water partition coefficient (Wildman–Crippen LogP) is 3.27. The van der Waals surface area contributed by atoms with E-state index in [2.05, 4.69) is 10.1 Å². The minimum absolute atomic E-state index is 0.0222. The van der Waals surface area contributed by atoms with Crippen LogP contribution in [0.15, 0.2) is 53.1 Å². The number of carbonyl (C=O) groups excluding carboxylic acids is 1. The number of aromatic nitrogens is 2. The summed E-state index contributed by atoms with van der Waals surface area (Å²) >= 11 is 0. The second kappa shape index (κ2) is 7.11. The summed E-state index contributed by atoms with van der Waals surface area (Å²) in [5, 5.41) is 4.05. The average molecular weight is 365 g/mol. The fourth-order valence-electron chi connectivity index (χ4n) is 3.22. The van der Waals surface area contributed by atoms with Gasteiger partial charge in [0.1, 0.15) is 11.5 Å². The van der Waals surface area contributed by atoms with Gasteiger partial charge < -0.3 is 18.9 Å². The average Bonchev–Trinajstić information content (AvgIpc) is 3.35. The van der Waals surface area contributed by atoms with Crippen LogP contribution < -0.4 is 14.4 Å². The van der Waals surface area contributed by atoms with Crippen molar-refractivity contribution in [3.8, 4) is 22.9 Å². The summed E-state index contributed by atoms with van der Waals surface area (Å²) < 4.78 is 16.1. The fraction of sp³-hybridized carbons (Fsp3) is 0.250. The van der Waals surface area contributed by atoms with Gasteiger partial charge in [-0.3, -0.25) is 4.79 Å². The van der Waals surface area contributed by atoms with Crippen molar-refractivity contribution in [1.29, 1.82) is 0 Å². The normalized spacial score (nSPS) is 16.6. The number of anilines is 1. The molecule has 2 aromatic carbocycles. The quantitative estimate of drug-likeness (QED) is 0.691. The third kappa shape index (κ3) is 3.23. The lowest BCUT2D eigenvalue weighted by Crippen LogP contribution is -2.24. The van der Waals surface area contributed by atoms with Gasteiger partial charge in [0.05, 0.1) is 25.8 Å². The zero-order valence-electron chi connectivity index (χ0n) is 15.1. The Labute approximate surface area is 156 Å². The van der Waals surface area contributed by atoms with Crippen LogP contribution in [0.1, 0.15) is 18.2 Å². The molecule has 1 saturated heterocycles. The van der Waals surface area contributed by atoms with E-state index in [4.69, 9.17) is 14.0 Å². The molecule has 3 aromatic rings. The first-order valence-electron chi connectivity index (χ1n) is 8.61. The molecule has 0 radical (unpaired) electrons. The van der Waals surface area contributed by atoms with Crippen molar-refractivity contribution < 1.29 is 18.8 Å². The Hall–Kier alpha value is -3.35. The van der Waals surface area contributed by atoms with Crippen LogP contribution in [0.25, 0.3) is 11.4 Å². The van der Waals surface area contributed by atoms with Gasteiger partial charge in [0, 0.05) is 24.6 Å². The Balaban J connectivity index is 1.59. The SMILES string of the molecule is COc1ccc(OC)c(N2CC(c3nc(-c4ccccc4)no3)CC2=O)c1. The highest BCUT2D eigenvalue weighted by Gasteiger charge is 2.36. The molecular weight excluding hydrogens is 346 g/mol. The van der Waals surface area contributed by atoms with Gasteiger partial charge in [0.15, 0.2) is 0 Å². The molecule has 1 atom stereocenters. The molecule has 0 aliphatic carbocycles. The van der Waals surface area contributed by atoms with Crippen LogP contribution in [0.4, 0.5) is 5.69 Å². The minimum Gasteiger partial charge on any atom is -0.497 e. The van der Waals surface area contributed by atoms with E-state index in [1.807, 2.05) is 30.3 Å². The number of carbonyl (C=O) groups is 1. The van der Waals surface area contributed by atoms with Crippen LogP contribution in [0.5, 0.6) is 11.5 Å². The molecule has 7 nitrogen and oxygen atoms in total. The molecule has 138 valence electrons. The number of rotatable bonds is 5. The minimum atomic E-state index is -0.168. The van der Waals surface area contributed by atoms with Gasteiger partial charge in [-0.2, -0.15) is 4.98 Å². The summed E-state index contributed by atoms with van der Waals surface area (Å²) in [5.41, 5.74) is 1.55. The molecule has 1 aromatic heterocycles. The second-order valence-corrected chi connectivity index (χ2v) is 6.27. The molecule has 4 rings (SSSR count). The number of nitrogens with zero attached hydrogens (tertiary/aromatic N) is 3. The van der Waals surface area contributed by atoms with Crippen LogP contribution in [0.3, 0.4) is 0 Å². The Morgan fingerprint density at radius 3 is 2.67 bits per heavy atom. The highest BCUT2D eigenvalue weighted by molar-refractivity contribution is 5.98. The van der Waals surface area contributed by atoms with Gasteiger partial charge in [-0.05, 0) is 12.1 Å². The maximum absolute atomic E-state index is 12.6. The van der Waals surface area contributed by atoms with E-state index in [0.29, 0.717) is 41.9 Å². The summed E-state index contributed by atoms with van der Waals surface area (Å²) in [6, 6.07) is 15.0. The lowest BCUT2D eigenvalue weighted by Gasteiger charge is -2.20. The first-order valence-corrected chi connectivity index (χ1v) is 8.61. The largest absolute Gasteiger partial charge is 0.497 e. The Morgan fingerprint density at radius 1 is 1.11 bits per heavy atom. The molecule has 0 spiro atoms. The molecule has 2 heterocycles. The summed E-state index contributed by atoms with van der Waals surface area (Å²) in [5.74, 6) is 2.07. The number of methoxy groups -OCH3 is 2. The van der Waals surface area contributed by atoms with E-state index in [1.54, 1.807) is 37.3 Å². The van der Waals surface area contributed by atoms with Gasteiger partial charge in [-0.1, -0.05) is 35.5 Å². The van der Waals surface area contributed by atoms with Crippen molar-refractivity contribution in [3.63, 3.8) is 0 Å². The highest BCUT2D eigenvalue weighted by atomic mass is 16.5. The number of hydrogen-bond acceptors (Lipinski definition) is 6. The van der Waals surface area contributed by atoms with E-state index >= 15 is 0 Å². The number of ether oxygens (including phenoxy) is 2. The third-order valence-corrected chi connectivity index (χ3v) is 4.62. The number of amides is 1. The molecular formula is C20H19N3O4. The van der Waals surface area contributed by atoms with Gasteiger partial charge in [0.25, 0.3) is 0 Å². The summed E-state index contributed by atoms with van der Waals surface area (Å²) in [6.07, 6.45) is 0.302. The van der Waals surface area contributed by atoms with Crippen LogP contribution in [0, 0.1) is 0 Å². The van der Waals surface area contributed by atoms with Crippen molar-refractivity contribution in [2.75, 3.05) is 25.7 Å². The van der Waals surface area contributed by atoms with Crippen LogP contribution in [0.2, 0.25) is 0 Å². The monoisotopic (exact) mass is 365 g/mol. The topological polar surface area (TPSA) is 77.7 Å². The fourth-order valence-corrected chi connectivity index (χ4v) is 3.22. The van der Waals surface area contributed by atoms with E-state index in [-0.39, 0.29) is 11.8 Å². The number of benzene rings is 2. The van der Waals surface area contributed by atoms with Gasteiger partial charge in [-0.25, -0.2) is 0 Å². The standard InChI is InChI=1S/C20H19N3O4/c1-25-15-8-9-17(26-2)16(11-15)23-12-14(10-18(23)24)20-21-19(22-27-20)13-6-4-3-5-7-13/h3-9,11,14H,10,12H2,1-2H3.